The van der Waals surface area contributed by atoms with Gasteiger partial charge in [0.25, 0.3) is 0 Å². The third-order valence-electron chi connectivity index (χ3n) is 4.16. The molecule has 0 amide bonds. The van der Waals surface area contributed by atoms with Crippen molar-refractivity contribution in [2.24, 2.45) is 0 Å². The second-order valence-corrected chi connectivity index (χ2v) is 6.11. The molecule has 0 aliphatic rings. The summed E-state index contributed by atoms with van der Waals surface area (Å²) in [6.07, 6.45) is 12.9. The molecule has 0 unspecified atom stereocenters. The van der Waals surface area contributed by atoms with E-state index in [1.165, 1.54) is 0 Å². The van der Waals surface area contributed by atoms with Crippen molar-refractivity contribution in [3.05, 3.63) is 43.1 Å². The van der Waals surface area contributed by atoms with Gasteiger partial charge in [-0.1, -0.05) is 12.8 Å². The summed E-state index contributed by atoms with van der Waals surface area (Å²) in [5, 5.41) is 4.62. The molecule has 8 nitrogen and oxygen atoms in total. The normalized spacial score (nSPS) is 10.9. The van der Waals surface area contributed by atoms with Gasteiger partial charge in [0.05, 0.1) is 12.8 Å². The highest BCUT2D eigenvalue weighted by atomic mass is 16.5. The van der Waals surface area contributed by atoms with Crippen molar-refractivity contribution in [2.45, 2.75) is 39.0 Å². The molecule has 0 aromatic carbocycles. The number of hydrogen-bond acceptors (Lipinski definition) is 7. The minimum Gasteiger partial charge on any atom is -0.466 e. The number of fused-ring (bicyclic) bond motifs is 1. The summed E-state index contributed by atoms with van der Waals surface area (Å²) in [6, 6.07) is 3.88. The summed E-state index contributed by atoms with van der Waals surface area (Å²) >= 11 is 0. The number of anilines is 2. The number of ether oxygens (including phenoxy) is 1. The lowest BCUT2D eigenvalue weighted by molar-refractivity contribution is -0.143. The average Bonchev–Trinajstić information content (AvgIpc) is 3.16. The Bertz CT molecular complexity index is 852. The SMILES string of the molecule is CCOC(=O)CCCCCCN(c1cnccn1)c1ccc2nccn2n1. The maximum Gasteiger partial charge on any atom is 0.305 e. The maximum atomic E-state index is 11.4. The fourth-order valence-corrected chi connectivity index (χ4v) is 2.85. The topological polar surface area (TPSA) is 85.5 Å². The van der Waals surface area contributed by atoms with Crippen molar-refractivity contribution in [1.29, 1.82) is 0 Å². The van der Waals surface area contributed by atoms with Crippen molar-refractivity contribution >= 4 is 23.3 Å². The van der Waals surface area contributed by atoms with Crippen LogP contribution in [-0.4, -0.2) is 43.7 Å². The predicted octanol–water partition coefficient (Wildman–Crippen LogP) is 3.17. The van der Waals surface area contributed by atoms with Gasteiger partial charge in [-0.25, -0.2) is 14.5 Å². The van der Waals surface area contributed by atoms with Crippen LogP contribution in [0.15, 0.2) is 43.1 Å². The van der Waals surface area contributed by atoms with E-state index in [1.807, 2.05) is 25.3 Å². The Morgan fingerprint density at radius 1 is 1.07 bits per heavy atom. The second kappa shape index (κ2) is 9.61. The fraction of sp³-hybridized carbons (Fsp3) is 0.421. The number of unbranched alkanes of at least 4 members (excludes halogenated alkanes) is 3. The smallest absolute Gasteiger partial charge is 0.305 e. The minimum atomic E-state index is -0.114. The van der Waals surface area contributed by atoms with E-state index >= 15 is 0 Å². The van der Waals surface area contributed by atoms with Crippen LogP contribution in [0.3, 0.4) is 0 Å². The van der Waals surface area contributed by atoms with E-state index in [9.17, 15) is 4.79 Å². The van der Waals surface area contributed by atoms with Crippen molar-refractivity contribution in [3.63, 3.8) is 0 Å². The van der Waals surface area contributed by atoms with E-state index in [-0.39, 0.29) is 5.97 Å². The first kappa shape index (κ1) is 18.8. The molecule has 27 heavy (non-hydrogen) atoms. The van der Waals surface area contributed by atoms with Gasteiger partial charge in [-0.3, -0.25) is 9.78 Å². The molecule has 3 aromatic heterocycles. The third kappa shape index (κ3) is 5.22. The molecule has 3 aromatic rings. The van der Waals surface area contributed by atoms with Crippen LogP contribution in [0, 0.1) is 0 Å². The van der Waals surface area contributed by atoms with Crippen molar-refractivity contribution < 1.29 is 9.53 Å². The van der Waals surface area contributed by atoms with E-state index in [1.54, 1.807) is 29.3 Å². The standard InChI is InChI=1S/C19H24N6O2/c1-2-27-19(26)7-5-3-4-6-13-24(18-15-20-10-11-21-18)17-9-8-16-22-12-14-25(16)23-17/h8-12,14-15H,2-7,13H2,1H3. The number of carbonyl (C=O) groups excluding carboxylic acids is 1. The Morgan fingerprint density at radius 3 is 2.78 bits per heavy atom. The van der Waals surface area contributed by atoms with Crippen LogP contribution in [0.1, 0.15) is 39.0 Å². The first-order valence-electron chi connectivity index (χ1n) is 9.27. The van der Waals surface area contributed by atoms with E-state index in [0.29, 0.717) is 13.0 Å². The zero-order valence-corrected chi connectivity index (χ0v) is 15.5. The molecule has 0 N–H and O–H groups in total. The molecule has 0 atom stereocenters. The number of imidazole rings is 1. The van der Waals surface area contributed by atoms with Crippen LogP contribution in [0.2, 0.25) is 0 Å². The van der Waals surface area contributed by atoms with Gasteiger partial charge in [-0.05, 0) is 31.9 Å². The molecule has 0 saturated carbocycles. The average molecular weight is 368 g/mol. The highest BCUT2D eigenvalue weighted by Gasteiger charge is 2.13. The highest BCUT2D eigenvalue weighted by molar-refractivity contribution is 5.69. The zero-order chi connectivity index (χ0) is 18.9. The number of hydrogen-bond donors (Lipinski definition) is 0. The Morgan fingerprint density at radius 2 is 1.96 bits per heavy atom. The molecule has 0 saturated heterocycles. The summed E-state index contributed by atoms with van der Waals surface area (Å²) in [5.74, 6) is 1.44. The van der Waals surface area contributed by atoms with Crippen LogP contribution in [-0.2, 0) is 9.53 Å². The summed E-state index contributed by atoms with van der Waals surface area (Å²) < 4.78 is 6.70. The maximum absolute atomic E-state index is 11.4. The molecule has 0 spiro atoms. The Balaban J connectivity index is 1.59. The van der Waals surface area contributed by atoms with Crippen LogP contribution in [0.5, 0.6) is 0 Å². The number of nitrogens with zero attached hydrogens (tertiary/aromatic N) is 6. The summed E-state index contributed by atoms with van der Waals surface area (Å²) in [4.78, 5) is 26.3. The largest absolute Gasteiger partial charge is 0.466 e. The van der Waals surface area contributed by atoms with Crippen molar-refractivity contribution in [2.75, 3.05) is 18.1 Å². The van der Waals surface area contributed by atoms with E-state index in [4.69, 9.17) is 4.74 Å². The van der Waals surface area contributed by atoms with E-state index in [2.05, 4.69) is 25.0 Å². The van der Waals surface area contributed by atoms with E-state index in [0.717, 1.165) is 49.5 Å². The molecule has 0 bridgehead atoms. The fourth-order valence-electron chi connectivity index (χ4n) is 2.85. The Hall–Kier alpha value is -3.03. The van der Waals surface area contributed by atoms with Crippen LogP contribution >= 0.6 is 0 Å². The molecule has 0 aliphatic carbocycles. The lowest BCUT2D eigenvalue weighted by Crippen LogP contribution is -2.21. The van der Waals surface area contributed by atoms with Gasteiger partial charge in [0.1, 0.15) is 0 Å². The Labute approximate surface area is 158 Å². The summed E-state index contributed by atoms with van der Waals surface area (Å²) in [5.41, 5.74) is 0.803. The quantitative estimate of drug-likeness (QED) is 0.401. The van der Waals surface area contributed by atoms with E-state index < -0.39 is 0 Å². The minimum absolute atomic E-state index is 0.114. The van der Waals surface area contributed by atoms with Crippen LogP contribution in [0.25, 0.3) is 5.65 Å². The summed E-state index contributed by atoms with van der Waals surface area (Å²) in [6.45, 7) is 3.04. The second-order valence-electron chi connectivity index (χ2n) is 6.11. The lowest BCUT2D eigenvalue weighted by atomic mass is 10.1. The molecule has 3 rings (SSSR count). The Kier molecular flexibility index (Phi) is 6.67. The number of esters is 1. The number of carbonyl (C=O) groups is 1. The van der Waals surface area contributed by atoms with Gasteiger partial charge in [0, 0.05) is 37.8 Å². The van der Waals surface area contributed by atoms with Crippen LogP contribution in [0.4, 0.5) is 11.6 Å². The molecule has 0 radical (unpaired) electrons. The molecule has 8 heteroatoms. The predicted molar refractivity (Wildman–Crippen MR) is 102 cm³/mol. The first-order valence-corrected chi connectivity index (χ1v) is 9.27. The van der Waals surface area contributed by atoms with Gasteiger partial charge in [0.15, 0.2) is 17.3 Å². The van der Waals surface area contributed by atoms with Gasteiger partial charge in [-0.15, -0.1) is 5.10 Å². The molecular formula is C19H24N6O2. The molecule has 0 fully saturated rings. The first-order chi connectivity index (χ1) is 13.3. The lowest BCUT2D eigenvalue weighted by Gasteiger charge is -2.22. The van der Waals surface area contributed by atoms with Gasteiger partial charge >= 0.3 is 5.97 Å². The highest BCUT2D eigenvalue weighted by Crippen LogP contribution is 2.21. The zero-order valence-electron chi connectivity index (χ0n) is 15.5. The van der Waals surface area contributed by atoms with Crippen molar-refractivity contribution in [3.8, 4) is 0 Å². The molecule has 0 aliphatic heterocycles. The van der Waals surface area contributed by atoms with Crippen molar-refractivity contribution in [1.82, 2.24) is 24.6 Å². The monoisotopic (exact) mass is 368 g/mol. The number of rotatable bonds is 10. The molecule has 3 heterocycles. The molecule has 142 valence electrons. The van der Waals surface area contributed by atoms with Crippen LogP contribution < -0.4 is 4.90 Å². The molecular weight excluding hydrogens is 344 g/mol. The third-order valence-corrected chi connectivity index (χ3v) is 4.16. The van der Waals surface area contributed by atoms with Gasteiger partial charge in [-0.2, -0.15) is 0 Å². The number of aromatic nitrogens is 5. The summed E-state index contributed by atoms with van der Waals surface area (Å²) in [7, 11) is 0. The van der Waals surface area contributed by atoms with Gasteiger partial charge in [0.2, 0.25) is 0 Å². The van der Waals surface area contributed by atoms with Gasteiger partial charge < -0.3 is 9.64 Å².